The number of nitrogens with zero attached hydrogens (tertiary/aromatic N) is 3. The summed E-state index contributed by atoms with van der Waals surface area (Å²) in [6.45, 7) is 3.69. The van der Waals surface area contributed by atoms with E-state index in [0.717, 1.165) is 40.6 Å². The zero-order chi connectivity index (χ0) is 24.4. The Balaban J connectivity index is 1.24. The molecule has 0 unspecified atom stereocenters. The first-order chi connectivity index (χ1) is 17.1. The molecule has 2 aromatic heterocycles. The Labute approximate surface area is 209 Å². The Bertz CT molecular complexity index is 1340. The molecule has 0 atom stereocenters. The number of para-hydroxylation sites is 1. The molecule has 0 saturated carbocycles. The number of aromatic nitrogens is 1. The molecule has 8 heteroatoms. The van der Waals surface area contributed by atoms with Gasteiger partial charge >= 0.3 is 0 Å². The van der Waals surface area contributed by atoms with Crippen LogP contribution in [0.4, 0.5) is 0 Å². The highest BCUT2D eigenvalue weighted by molar-refractivity contribution is 7.16. The average molecular weight is 492 g/mol. The normalized spacial score (nSPS) is 14.3. The van der Waals surface area contributed by atoms with Crippen LogP contribution in [0.1, 0.15) is 15.2 Å². The van der Waals surface area contributed by atoms with Gasteiger partial charge in [-0.25, -0.2) is 0 Å². The van der Waals surface area contributed by atoms with Gasteiger partial charge in [0, 0.05) is 44.5 Å². The van der Waals surface area contributed by atoms with Gasteiger partial charge < -0.3 is 23.7 Å². The zero-order valence-electron chi connectivity index (χ0n) is 20.2. The van der Waals surface area contributed by atoms with Gasteiger partial charge in [0.2, 0.25) is 5.75 Å². The summed E-state index contributed by atoms with van der Waals surface area (Å²) in [5.41, 5.74) is 2.18. The Hall–Kier alpha value is -3.49. The van der Waals surface area contributed by atoms with E-state index in [1.54, 1.807) is 21.3 Å². The fourth-order valence-electron chi connectivity index (χ4n) is 4.64. The van der Waals surface area contributed by atoms with E-state index in [-0.39, 0.29) is 5.91 Å². The van der Waals surface area contributed by atoms with Crippen LogP contribution in [0.5, 0.6) is 17.2 Å². The van der Waals surface area contributed by atoms with Crippen molar-refractivity contribution in [1.29, 1.82) is 0 Å². The van der Waals surface area contributed by atoms with Crippen molar-refractivity contribution in [3.8, 4) is 22.2 Å². The summed E-state index contributed by atoms with van der Waals surface area (Å²) in [4.78, 5) is 18.3. The number of benzene rings is 2. The molecule has 1 saturated heterocycles. The number of carbonyl (C=O) groups is 1. The minimum atomic E-state index is 0.0982. The van der Waals surface area contributed by atoms with Crippen LogP contribution in [-0.4, -0.2) is 67.8 Å². The van der Waals surface area contributed by atoms with Crippen LogP contribution in [0.15, 0.2) is 60.8 Å². The molecular formula is C27H29N3O4S. The maximum atomic E-state index is 13.2. The van der Waals surface area contributed by atoms with E-state index >= 15 is 0 Å². The Kier molecular flexibility index (Phi) is 6.66. The summed E-state index contributed by atoms with van der Waals surface area (Å²) in [7, 11) is 4.87. The summed E-state index contributed by atoms with van der Waals surface area (Å²) in [5.74, 6) is 2.03. The Morgan fingerprint density at radius 1 is 0.857 bits per heavy atom. The number of piperazine rings is 1. The predicted octanol–water partition coefficient (Wildman–Crippen LogP) is 4.68. The van der Waals surface area contributed by atoms with E-state index < -0.39 is 0 Å². The third-order valence-electron chi connectivity index (χ3n) is 6.48. The minimum absolute atomic E-state index is 0.0982. The van der Waals surface area contributed by atoms with Crippen LogP contribution in [-0.2, 0) is 6.54 Å². The summed E-state index contributed by atoms with van der Waals surface area (Å²) >= 11 is 1.54. The second kappa shape index (κ2) is 10.0. The van der Waals surface area contributed by atoms with E-state index in [1.807, 2.05) is 41.3 Å². The van der Waals surface area contributed by atoms with E-state index in [1.165, 1.54) is 16.7 Å². The first-order valence-electron chi connectivity index (χ1n) is 11.6. The van der Waals surface area contributed by atoms with Crippen LogP contribution in [0.25, 0.3) is 15.9 Å². The van der Waals surface area contributed by atoms with Gasteiger partial charge in [-0.05, 0) is 35.7 Å². The van der Waals surface area contributed by atoms with Crippen molar-refractivity contribution in [1.82, 2.24) is 14.4 Å². The van der Waals surface area contributed by atoms with Crippen molar-refractivity contribution in [3.05, 3.63) is 71.2 Å². The molecule has 3 heterocycles. The van der Waals surface area contributed by atoms with Gasteiger partial charge in [-0.3, -0.25) is 9.69 Å². The monoisotopic (exact) mass is 491 g/mol. The SMILES string of the molecule is COc1ccc(CN2CCN(C(=O)c3ccc(-n4ccc5ccccc54)s3)CC2)c(OC)c1OC. The smallest absolute Gasteiger partial charge is 0.264 e. The van der Waals surface area contributed by atoms with Gasteiger partial charge in [-0.15, -0.1) is 11.3 Å². The van der Waals surface area contributed by atoms with Crippen LogP contribution in [0, 0.1) is 0 Å². The predicted molar refractivity (Wildman–Crippen MR) is 138 cm³/mol. The van der Waals surface area contributed by atoms with Crippen molar-refractivity contribution in [2.45, 2.75) is 6.54 Å². The molecule has 0 spiro atoms. The fourth-order valence-corrected chi connectivity index (χ4v) is 5.61. The fraction of sp³-hybridized carbons (Fsp3) is 0.296. The van der Waals surface area contributed by atoms with Gasteiger partial charge in [0.25, 0.3) is 5.91 Å². The first-order valence-corrected chi connectivity index (χ1v) is 12.4. The van der Waals surface area contributed by atoms with Crippen molar-refractivity contribution in [2.24, 2.45) is 0 Å². The first kappa shape index (κ1) is 23.3. The molecule has 1 aliphatic heterocycles. The molecule has 35 heavy (non-hydrogen) atoms. The maximum Gasteiger partial charge on any atom is 0.264 e. The number of thiophene rings is 1. The highest BCUT2D eigenvalue weighted by atomic mass is 32.1. The van der Waals surface area contributed by atoms with Crippen molar-refractivity contribution in [2.75, 3.05) is 47.5 Å². The summed E-state index contributed by atoms with van der Waals surface area (Å²) in [5, 5.41) is 2.24. The molecule has 1 amide bonds. The lowest BCUT2D eigenvalue weighted by Gasteiger charge is -2.34. The molecule has 0 aliphatic carbocycles. The molecule has 0 bridgehead atoms. The van der Waals surface area contributed by atoms with Crippen LogP contribution < -0.4 is 14.2 Å². The topological polar surface area (TPSA) is 56.2 Å². The molecule has 7 nitrogen and oxygen atoms in total. The molecule has 1 fully saturated rings. The van der Waals surface area contributed by atoms with Gasteiger partial charge in [0.1, 0.15) is 5.00 Å². The van der Waals surface area contributed by atoms with Crippen molar-refractivity contribution in [3.63, 3.8) is 0 Å². The second-order valence-corrected chi connectivity index (χ2v) is 9.51. The molecule has 1 aliphatic rings. The lowest BCUT2D eigenvalue weighted by molar-refractivity contribution is 0.0632. The van der Waals surface area contributed by atoms with Crippen LogP contribution in [0.3, 0.4) is 0 Å². The van der Waals surface area contributed by atoms with Crippen molar-refractivity contribution < 1.29 is 19.0 Å². The quantitative estimate of drug-likeness (QED) is 0.376. The number of hydrogen-bond acceptors (Lipinski definition) is 6. The number of fused-ring (bicyclic) bond motifs is 1. The number of ether oxygens (including phenoxy) is 3. The number of rotatable bonds is 7. The lowest BCUT2D eigenvalue weighted by Crippen LogP contribution is -2.48. The largest absolute Gasteiger partial charge is 0.493 e. The third kappa shape index (κ3) is 4.47. The molecule has 4 aromatic rings. The lowest BCUT2D eigenvalue weighted by atomic mass is 10.1. The molecule has 182 valence electrons. The highest BCUT2D eigenvalue weighted by Gasteiger charge is 2.25. The highest BCUT2D eigenvalue weighted by Crippen LogP contribution is 2.40. The molecule has 0 N–H and O–H groups in total. The van der Waals surface area contributed by atoms with Crippen LogP contribution in [0.2, 0.25) is 0 Å². The number of methoxy groups -OCH3 is 3. The summed E-state index contributed by atoms with van der Waals surface area (Å²) < 4.78 is 18.7. The number of amides is 1. The summed E-state index contributed by atoms with van der Waals surface area (Å²) in [6, 6.07) is 18.3. The molecular weight excluding hydrogens is 462 g/mol. The van der Waals surface area contributed by atoms with Crippen molar-refractivity contribution >= 4 is 28.1 Å². The van der Waals surface area contributed by atoms with Gasteiger partial charge in [0.05, 0.1) is 31.7 Å². The number of carbonyl (C=O) groups excluding carboxylic acids is 1. The van der Waals surface area contributed by atoms with E-state index in [0.29, 0.717) is 30.3 Å². The summed E-state index contributed by atoms with van der Waals surface area (Å²) in [6.07, 6.45) is 2.06. The zero-order valence-corrected chi connectivity index (χ0v) is 21.0. The Morgan fingerprint density at radius 3 is 2.37 bits per heavy atom. The van der Waals surface area contributed by atoms with Gasteiger partial charge in [-0.2, -0.15) is 0 Å². The standard InChI is InChI=1S/C27H29N3O4S/c1-32-22-9-8-20(25(33-2)26(22)34-3)18-28-14-16-29(17-15-28)27(31)23-10-11-24(35-23)30-13-12-19-6-4-5-7-21(19)30/h4-13H,14-18H2,1-3H3. The van der Waals surface area contributed by atoms with Gasteiger partial charge in [0.15, 0.2) is 11.5 Å². The second-order valence-electron chi connectivity index (χ2n) is 8.44. The molecule has 5 rings (SSSR count). The Morgan fingerprint density at radius 2 is 1.63 bits per heavy atom. The third-order valence-corrected chi connectivity index (χ3v) is 7.55. The van der Waals surface area contributed by atoms with E-state index in [9.17, 15) is 4.79 Å². The minimum Gasteiger partial charge on any atom is -0.493 e. The molecule has 0 radical (unpaired) electrons. The number of hydrogen-bond donors (Lipinski definition) is 0. The van der Waals surface area contributed by atoms with Crippen LogP contribution >= 0.6 is 11.3 Å². The maximum absolute atomic E-state index is 13.2. The van der Waals surface area contributed by atoms with Gasteiger partial charge in [-0.1, -0.05) is 24.3 Å². The average Bonchev–Trinajstić information content (AvgIpc) is 3.55. The van der Waals surface area contributed by atoms with E-state index in [4.69, 9.17) is 14.2 Å². The van der Waals surface area contributed by atoms with E-state index in [2.05, 4.69) is 33.9 Å². The molecule has 2 aromatic carbocycles.